The summed E-state index contributed by atoms with van der Waals surface area (Å²) < 4.78 is 0. The molecule has 2 aliphatic rings. The zero-order valence-corrected chi connectivity index (χ0v) is 12.7. The van der Waals surface area contributed by atoms with Gasteiger partial charge in [0.1, 0.15) is 0 Å². The topological polar surface area (TPSA) is 17.1 Å². The predicted molar refractivity (Wildman–Crippen MR) is 85.0 cm³/mol. The van der Waals surface area contributed by atoms with Gasteiger partial charge in [-0.3, -0.25) is 4.79 Å². The molecule has 0 saturated heterocycles. The van der Waals surface area contributed by atoms with Gasteiger partial charge in [-0.25, -0.2) is 0 Å². The van der Waals surface area contributed by atoms with E-state index in [0.29, 0.717) is 12.2 Å². The molecule has 0 aliphatic heterocycles. The van der Waals surface area contributed by atoms with Crippen LogP contribution in [0.4, 0.5) is 0 Å². The number of benzene rings is 2. The highest BCUT2D eigenvalue weighted by molar-refractivity contribution is 6.04. The lowest BCUT2D eigenvalue weighted by molar-refractivity contribution is 0.0976. The Hall–Kier alpha value is -1.89. The van der Waals surface area contributed by atoms with Gasteiger partial charge in [-0.2, -0.15) is 0 Å². The summed E-state index contributed by atoms with van der Waals surface area (Å²) in [5.41, 5.74) is 7.46. The molecular weight excluding hydrogens is 256 g/mol. The SMILES string of the molecule is Cc1ccc2c(c1C)C(=O)CC21CCCc2ccccc21. The van der Waals surface area contributed by atoms with E-state index in [2.05, 4.69) is 50.2 Å². The minimum atomic E-state index is -0.0558. The lowest BCUT2D eigenvalue weighted by Crippen LogP contribution is -2.30. The Morgan fingerprint density at radius 3 is 2.67 bits per heavy atom. The molecule has 1 unspecified atom stereocenters. The fraction of sp³-hybridized carbons (Fsp3) is 0.350. The van der Waals surface area contributed by atoms with Crippen LogP contribution in [-0.4, -0.2) is 5.78 Å². The number of aryl methyl sites for hydroxylation is 2. The van der Waals surface area contributed by atoms with Crippen LogP contribution < -0.4 is 0 Å². The molecule has 4 rings (SSSR count). The van der Waals surface area contributed by atoms with Crippen molar-refractivity contribution in [1.82, 2.24) is 0 Å². The number of carbonyl (C=O) groups excluding carboxylic acids is 1. The molecule has 0 aromatic heterocycles. The summed E-state index contributed by atoms with van der Waals surface area (Å²) in [5.74, 6) is 0.336. The maximum Gasteiger partial charge on any atom is 0.164 e. The third-order valence-corrected chi connectivity index (χ3v) is 5.58. The summed E-state index contributed by atoms with van der Waals surface area (Å²) in [6.07, 6.45) is 4.08. The van der Waals surface area contributed by atoms with Gasteiger partial charge >= 0.3 is 0 Å². The molecule has 106 valence electrons. The Morgan fingerprint density at radius 2 is 1.81 bits per heavy atom. The fourth-order valence-electron chi connectivity index (χ4n) is 4.42. The van der Waals surface area contributed by atoms with E-state index in [1.807, 2.05) is 0 Å². The molecule has 0 heterocycles. The van der Waals surface area contributed by atoms with Gasteiger partial charge in [-0.15, -0.1) is 0 Å². The van der Waals surface area contributed by atoms with E-state index in [0.717, 1.165) is 18.4 Å². The van der Waals surface area contributed by atoms with Crippen molar-refractivity contribution >= 4 is 5.78 Å². The molecule has 2 aromatic carbocycles. The van der Waals surface area contributed by atoms with Crippen molar-refractivity contribution < 1.29 is 4.79 Å². The second-order valence-electron chi connectivity index (χ2n) is 6.62. The Morgan fingerprint density at radius 1 is 1.00 bits per heavy atom. The summed E-state index contributed by atoms with van der Waals surface area (Å²) in [4.78, 5) is 12.7. The molecule has 0 fully saturated rings. The third kappa shape index (κ3) is 1.61. The molecule has 0 saturated carbocycles. The van der Waals surface area contributed by atoms with Crippen LogP contribution in [0.25, 0.3) is 0 Å². The summed E-state index contributed by atoms with van der Waals surface area (Å²) in [5, 5.41) is 0. The van der Waals surface area contributed by atoms with Crippen molar-refractivity contribution in [1.29, 1.82) is 0 Å². The Labute approximate surface area is 126 Å². The molecule has 0 amide bonds. The second-order valence-corrected chi connectivity index (χ2v) is 6.62. The van der Waals surface area contributed by atoms with Gasteiger partial charge in [0, 0.05) is 17.4 Å². The van der Waals surface area contributed by atoms with Gasteiger partial charge in [0.05, 0.1) is 0 Å². The van der Waals surface area contributed by atoms with Gasteiger partial charge in [0.2, 0.25) is 0 Å². The smallest absolute Gasteiger partial charge is 0.164 e. The van der Waals surface area contributed by atoms with Gasteiger partial charge in [0.15, 0.2) is 5.78 Å². The lowest BCUT2D eigenvalue weighted by atomic mass is 9.66. The number of hydrogen-bond donors (Lipinski definition) is 0. The van der Waals surface area contributed by atoms with E-state index in [1.54, 1.807) is 0 Å². The fourth-order valence-corrected chi connectivity index (χ4v) is 4.42. The summed E-state index contributed by atoms with van der Waals surface area (Å²) >= 11 is 0. The number of ketones is 1. The zero-order valence-electron chi connectivity index (χ0n) is 12.7. The summed E-state index contributed by atoms with van der Waals surface area (Å²) in [6.45, 7) is 4.20. The molecule has 2 aliphatic carbocycles. The van der Waals surface area contributed by atoms with Crippen LogP contribution in [0.5, 0.6) is 0 Å². The molecular formula is C20H20O. The molecule has 0 radical (unpaired) electrons. The van der Waals surface area contributed by atoms with Crippen molar-refractivity contribution in [3.8, 4) is 0 Å². The van der Waals surface area contributed by atoms with Gasteiger partial charge in [0.25, 0.3) is 0 Å². The van der Waals surface area contributed by atoms with Crippen molar-refractivity contribution in [3.63, 3.8) is 0 Å². The largest absolute Gasteiger partial charge is 0.294 e. The number of hydrogen-bond acceptors (Lipinski definition) is 1. The molecule has 1 heteroatoms. The number of rotatable bonds is 0. The van der Waals surface area contributed by atoms with E-state index >= 15 is 0 Å². The first-order valence-electron chi connectivity index (χ1n) is 7.86. The standard InChI is InChI=1S/C20H20O/c1-13-9-10-17-19(14(13)2)18(21)12-20(17)11-5-7-15-6-3-4-8-16(15)20/h3-4,6,8-10H,5,7,11-12H2,1-2H3. The Balaban J connectivity index is 2.02. The second kappa shape index (κ2) is 4.30. The highest BCUT2D eigenvalue weighted by Crippen LogP contribution is 2.51. The summed E-state index contributed by atoms with van der Waals surface area (Å²) in [6, 6.07) is 13.1. The minimum Gasteiger partial charge on any atom is -0.294 e. The molecule has 1 atom stereocenters. The highest BCUT2D eigenvalue weighted by Gasteiger charge is 2.47. The number of fused-ring (bicyclic) bond motifs is 4. The molecule has 1 nitrogen and oxygen atoms in total. The first-order valence-corrected chi connectivity index (χ1v) is 7.86. The van der Waals surface area contributed by atoms with E-state index in [-0.39, 0.29) is 5.41 Å². The maximum absolute atomic E-state index is 12.7. The molecule has 21 heavy (non-hydrogen) atoms. The average Bonchev–Trinajstić information content (AvgIpc) is 2.77. The van der Waals surface area contributed by atoms with Gasteiger partial charge in [-0.1, -0.05) is 36.4 Å². The van der Waals surface area contributed by atoms with Gasteiger partial charge in [-0.05, 0) is 60.9 Å². The van der Waals surface area contributed by atoms with Crippen LogP contribution in [-0.2, 0) is 11.8 Å². The van der Waals surface area contributed by atoms with Crippen molar-refractivity contribution in [2.24, 2.45) is 0 Å². The third-order valence-electron chi connectivity index (χ3n) is 5.58. The van der Waals surface area contributed by atoms with Crippen LogP contribution in [0.3, 0.4) is 0 Å². The highest BCUT2D eigenvalue weighted by atomic mass is 16.1. The van der Waals surface area contributed by atoms with Gasteiger partial charge < -0.3 is 0 Å². The van der Waals surface area contributed by atoms with Crippen LogP contribution in [0.1, 0.15) is 57.4 Å². The van der Waals surface area contributed by atoms with Crippen LogP contribution >= 0.6 is 0 Å². The van der Waals surface area contributed by atoms with Crippen molar-refractivity contribution in [3.05, 3.63) is 69.8 Å². The van der Waals surface area contributed by atoms with Crippen LogP contribution in [0.15, 0.2) is 36.4 Å². The number of carbonyl (C=O) groups is 1. The van der Waals surface area contributed by atoms with E-state index in [4.69, 9.17) is 0 Å². The van der Waals surface area contributed by atoms with E-state index in [9.17, 15) is 4.79 Å². The number of Topliss-reactive ketones (excluding diaryl/α,β-unsaturated/α-hetero) is 1. The minimum absolute atomic E-state index is 0.0558. The average molecular weight is 276 g/mol. The Bertz CT molecular complexity index is 756. The van der Waals surface area contributed by atoms with E-state index in [1.165, 1.54) is 34.2 Å². The molecule has 0 N–H and O–H groups in total. The van der Waals surface area contributed by atoms with Crippen LogP contribution in [0.2, 0.25) is 0 Å². The van der Waals surface area contributed by atoms with Crippen LogP contribution in [0, 0.1) is 13.8 Å². The van der Waals surface area contributed by atoms with E-state index < -0.39 is 0 Å². The van der Waals surface area contributed by atoms with Crippen molar-refractivity contribution in [2.75, 3.05) is 0 Å². The first-order chi connectivity index (χ1) is 10.1. The summed E-state index contributed by atoms with van der Waals surface area (Å²) in [7, 11) is 0. The Kier molecular flexibility index (Phi) is 2.63. The molecule has 1 spiro atoms. The normalized spacial score (nSPS) is 23.2. The maximum atomic E-state index is 12.7. The zero-order chi connectivity index (χ0) is 14.6. The first kappa shape index (κ1) is 12.8. The predicted octanol–water partition coefficient (Wildman–Crippen LogP) is 4.51. The quantitative estimate of drug-likeness (QED) is 0.692. The lowest BCUT2D eigenvalue weighted by Gasteiger charge is -2.36. The molecule has 2 aromatic rings. The van der Waals surface area contributed by atoms with Crippen molar-refractivity contribution in [2.45, 2.75) is 44.9 Å². The molecule has 0 bridgehead atoms. The monoisotopic (exact) mass is 276 g/mol.